The van der Waals surface area contributed by atoms with Gasteiger partial charge in [-0.3, -0.25) is 0 Å². The number of rotatable bonds is 4. The molecule has 0 radical (unpaired) electrons. The van der Waals surface area contributed by atoms with Gasteiger partial charge in [0.1, 0.15) is 24.4 Å². The van der Waals surface area contributed by atoms with Gasteiger partial charge < -0.3 is 45.4 Å². The molecule has 0 spiro atoms. The smallest absolute Gasteiger partial charge is 0.187 e. The van der Waals surface area contributed by atoms with Crippen LogP contribution in [0, 0.1) is 0 Å². The number of aliphatic hydroxyl groups is 6. The number of hydrogen-bond donors (Lipinski definition) is 7. The van der Waals surface area contributed by atoms with Crippen LogP contribution in [0.3, 0.4) is 0 Å². The molecule has 2 aliphatic heterocycles. The highest BCUT2D eigenvalue weighted by Crippen LogP contribution is 2.25. The minimum Gasteiger partial charge on any atom is -0.395 e. The first-order valence-corrected chi connectivity index (χ1v) is 6.98. The zero-order valence-corrected chi connectivity index (χ0v) is 11.4. The van der Waals surface area contributed by atoms with E-state index in [9.17, 15) is 20.4 Å². The van der Waals surface area contributed by atoms with Crippen molar-refractivity contribution in [1.82, 2.24) is 5.32 Å². The summed E-state index contributed by atoms with van der Waals surface area (Å²) in [6.07, 6.45) is -8.09. The molecule has 0 amide bonds. The van der Waals surface area contributed by atoms with Gasteiger partial charge in [-0.1, -0.05) is 0 Å². The van der Waals surface area contributed by atoms with Gasteiger partial charge in [0.05, 0.1) is 31.5 Å². The van der Waals surface area contributed by atoms with E-state index in [1.54, 1.807) is 0 Å². The fraction of sp³-hybridized carbons (Fsp3) is 1.00. The van der Waals surface area contributed by atoms with Crippen molar-refractivity contribution in [3.05, 3.63) is 0 Å². The molecule has 0 bridgehead atoms. The minimum absolute atomic E-state index is 0.268. The average molecular weight is 309 g/mol. The molecule has 0 aliphatic carbocycles. The maximum atomic E-state index is 10.0. The first-order chi connectivity index (χ1) is 9.99. The molecule has 2 rings (SSSR count). The van der Waals surface area contributed by atoms with Crippen molar-refractivity contribution < 1.29 is 40.1 Å². The lowest BCUT2D eigenvalue weighted by Gasteiger charge is -2.43. The highest BCUT2D eigenvalue weighted by molar-refractivity contribution is 4.92. The quantitative estimate of drug-likeness (QED) is 0.275. The zero-order valence-electron chi connectivity index (χ0n) is 11.4. The van der Waals surface area contributed by atoms with Gasteiger partial charge in [-0.25, -0.2) is 0 Å². The summed E-state index contributed by atoms with van der Waals surface area (Å²) in [4.78, 5) is 0. The van der Waals surface area contributed by atoms with E-state index in [1.165, 1.54) is 0 Å². The molecular weight excluding hydrogens is 286 g/mol. The Morgan fingerprint density at radius 3 is 2.29 bits per heavy atom. The lowest BCUT2D eigenvalue weighted by atomic mass is 9.97. The zero-order chi connectivity index (χ0) is 15.6. The molecule has 7 N–H and O–H groups in total. The van der Waals surface area contributed by atoms with E-state index in [1.807, 2.05) is 0 Å². The fourth-order valence-corrected chi connectivity index (χ4v) is 2.63. The number of aliphatic hydroxyl groups excluding tert-OH is 6. The van der Waals surface area contributed by atoms with Gasteiger partial charge in [0.15, 0.2) is 6.29 Å². The van der Waals surface area contributed by atoms with Crippen LogP contribution in [0.25, 0.3) is 0 Å². The maximum Gasteiger partial charge on any atom is 0.187 e. The van der Waals surface area contributed by atoms with Crippen LogP contribution in [0.15, 0.2) is 0 Å². The number of piperidine rings is 1. The first-order valence-electron chi connectivity index (χ1n) is 6.98. The van der Waals surface area contributed by atoms with Crippen molar-refractivity contribution in [2.24, 2.45) is 0 Å². The van der Waals surface area contributed by atoms with E-state index < -0.39 is 55.6 Å². The summed E-state index contributed by atoms with van der Waals surface area (Å²) in [6, 6.07) is -0.548. The summed E-state index contributed by atoms with van der Waals surface area (Å²) in [5.74, 6) is 0. The lowest BCUT2D eigenvalue weighted by molar-refractivity contribution is -0.319. The Labute approximate surface area is 121 Å². The van der Waals surface area contributed by atoms with E-state index in [0.717, 1.165) is 0 Å². The Kier molecular flexibility index (Phi) is 5.88. The van der Waals surface area contributed by atoms with Crippen molar-refractivity contribution in [2.75, 3.05) is 19.8 Å². The molecular formula is C12H23NO8. The van der Waals surface area contributed by atoms with E-state index in [-0.39, 0.29) is 6.61 Å². The van der Waals surface area contributed by atoms with Crippen LogP contribution < -0.4 is 5.32 Å². The number of nitrogens with one attached hydrogen (secondary N) is 1. The van der Waals surface area contributed by atoms with Crippen LogP contribution in [0.4, 0.5) is 0 Å². The molecule has 2 saturated heterocycles. The number of ether oxygens (including phenoxy) is 2. The molecule has 124 valence electrons. The van der Waals surface area contributed by atoms with Crippen LogP contribution in [-0.4, -0.2) is 99.4 Å². The standard InChI is InChI=1S/C12H23NO8/c14-3-5-8(16)6(1-2-13-5)20-12-11(19)10(18)9(17)7(4-15)21-12/h5-19H,1-4H2/t5-,6-,7-,8-,9-,10+,11-,12-/m1/s1. The van der Waals surface area contributed by atoms with E-state index in [0.29, 0.717) is 13.0 Å². The SMILES string of the molecule is OC[C@H]1NCC[C@@H](O[C@@H]2O[C@H](CO)[C@@H](O)[C@H](O)[C@H]2O)[C@@H]1O. The third-order valence-corrected chi connectivity index (χ3v) is 3.98. The molecule has 21 heavy (non-hydrogen) atoms. The molecule has 2 fully saturated rings. The van der Waals surface area contributed by atoms with Gasteiger partial charge in [0, 0.05) is 0 Å². The molecule has 0 aromatic rings. The van der Waals surface area contributed by atoms with E-state index in [4.69, 9.17) is 19.7 Å². The average Bonchev–Trinajstić information content (AvgIpc) is 2.49. The minimum atomic E-state index is -1.52. The second kappa shape index (κ2) is 7.27. The van der Waals surface area contributed by atoms with Gasteiger partial charge >= 0.3 is 0 Å². The van der Waals surface area contributed by atoms with Crippen LogP contribution in [-0.2, 0) is 9.47 Å². The van der Waals surface area contributed by atoms with E-state index in [2.05, 4.69) is 5.32 Å². The Hall–Kier alpha value is -0.360. The van der Waals surface area contributed by atoms with Crippen molar-refractivity contribution >= 4 is 0 Å². The third-order valence-electron chi connectivity index (χ3n) is 3.98. The lowest BCUT2D eigenvalue weighted by Crippen LogP contribution is -2.62. The summed E-state index contributed by atoms with van der Waals surface area (Å²) in [5.41, 5.74) is 0. The Morgan fingerprint density at radius 2 is 1.67 bits per heavy atom. The van der Waals surface area contributed by atoms with Crippen molar-refractivity contribution in [1.29, 1.82) is 0 Å². The van der Waals surface area contributed by atoms with Crippen LogP contribution in [0.5, 0.6) is 0 Å². The molecule has 8 atom stereocenters. The second-order valence-electron chi connectivity index (χ2n) is 5.39. The molecule has 2 heterocycles. The van der Waals surface area contributed by atoms with Gasteiger partial charge in [0.2, 0.25) is 0 Å². The molecule has 0 aromatic carbocycles. The summed E-state index contributed by atoms with van der Waals surface area (Å²) < 4.78 is 10.7. The van der Waals surface area contributed by atoms with Crippen LogP contribution in [0.1, 0.15) is 6.42 Å². The predicted molar refractivity (Wildman–Crippen MR) is 68.1 cm³/mol. The molecule has 2 aliphatic rings. The molecule has 0 unspecified atom stereocenters. The van der Waals surface area contributed by atoms with Gasteiger partial charge in [-0.2, -0.15) is 0 Å². The summed E-state index contributed by atoms with van der Waals surface area (Å²) in [7, 11) is 0. The Morgan fingerprint density at radius 1 is 0.952 bits per heavy atom. The van der Waals surface area contributed by atoms with Gasteiger partial charge in [-0.15, -0.1) is 0 Å². The summed E-state index contributed by atoms with van der Waals surface area (Å²) in [6.45, 7) is -0.307. The largest absolute Gasteiger partial charge is 0.395 e. The van der Waals surface area contributed by atoms with Gasteiger partial charge in [0.25, 0.3) is 0 Å². The maximum absolute atomic E-state index is 10.0. The summed E-state index contributed by atoms with van der Waals surface area (Å²) >= 11 is 0. The van der Waals surface area contributed by atoms with Crippen molar-refractivity contribution in [3.8, 4) is 0 Å². The monoisotopic (exact) mass is 309 g/mol. The van der Waals surface area contributed by atoms with Crippen molar-refractivity contribution in [2.45, 2.75) is 55.4 Å². The Balaban J connectivity index is 2.00. The highest BCUT2D eigenvalue weighted by Gasteiger charge is 2.46. The molecule has 0 saturated carbocycles. The van der Waals surface area contributed by atoms with Crippen LogP contribution >= 0.6 is 0 Å². The van der Waals surface area contributed by atoms with Gasteiger partial charge in [-0.05, 0) is 13.0 Å². The van der Waals surface area contributed by atoms with Crippen LogP contribution in [0.2, 0.25) is 0 Å². The normalized spacial score (nSPS) is 48.3. The first kappa shape index (κ1) is 17.0. The second-order valence-corrected chi connectivity index (χ2v) is 5.39. The van der Waals surface area contributed by atoms with Crippen molar-refractivity contribution in [3.63, 3.8) is 0 Å². The topological polar surface area (TPSA) is 152 Å². The fourth-order valence-electron chi connectivity index (χ4n) is 2.63. The molecule has 0 aromatic heterocycles. The van der Waals surface area contributed by atoms with E-state index >= 15 is 0 Å². The number of hydrogen-bond acceptors (Lipinski definition) is 9. The predicted octanol–water partition coefficient (Wildman–Crippen LogP) is -4.11. The molecule has 9 nitrogen and oxygen atoms in total. The molecule has 9 heteroatoms. The third kappa shape index (κ3) is 3.52. The highest BCUT2D eigenvalue weighted by atomic mass is 16.7. The Bertz CT molecular complexity index is 330. The summed E-state index contributed by atoms with van der Waals surface area (Å²) in [5, 5.41) is 60.4.